The van der Waals surface area contributed by atoms with E-state index in [4.69, 9.17) is 4.74 Å². The van der Waals surface area contributed by atoms with E-state index in [0.29, 0.717) is 6.42 Å². The van der Waals surface area contributed by atoms with Gasteiger partial charge in [0.15, 0.2) is 23.3 Å². The smallest absolute Gasteiger partial charge is 0.339 e. The molecule has 0 spiro atoms. The van der Waals surface area contributed by atoms with Gasteiger partial charge in [0.25, 0.3) is 5.91 Å². The maximum Gasteiger partial charge on any atom is 0.339 e. The molecule has 33 heavy (non-hydrogen) atoms. The average molecular weight is 463 g/mol. The maximum absolute atomic E-state index is 13.8. The van der Waals surface area contributed by atoms with E-state index in [0.717, 1.165) is 5.56 Å². The van der Waals surface area contributed by atoms with E-state index >= 15 is 0 Å². The highest BCUT2D eigenvalue weighted by Crippen LogP contribution is 2.24. The Bertz CT molecular complexity index is 1160. The molecule has 172 valence electrons. The molecule has 0 fully saturated rings. The van der Waals surface area contributed by atoms with Crippen LogP contribution in [0.5, 0.6) is 0 Å². The van der Waals surface area contributed by atoms with Crippen molar-refractivity contribution < 1.29 is 36.3 Å². The molecule has 0 aliphatic carbocycles. The first-order valence-corrected chi connectivity index (χ1v) is 9.82. The van der Waals surface area contributed by atoms with Gasteiger partial charge in [0.1, 0.15) is 6.61 Å². The summed E-state index contributed by atoms with van der Waals surface area (Å²) in [7, 11) is 0. The molecule has 3 aromatic rings. The summed E-state index contributed by atoms with van der Waals surface area (Å²) in [5.41, 5.74) is -0.607. The summed E-state index contributed by atoms with van der Waals surface area (Å²) in [6.07, 6.45) is 0.527. The molecule has 0 aliphatic heterocycles. The molecule has 1 atom stereocenters. The molecule has 9 heteroatoms. The van der Waals surface area contributed by atoms with Crippen LogP contribution in [0.1, 0.15) is 38.8 Å². The van der Waals surface area contributed by atoms with Crippen LogP contribution in [-0.4, -0.2) is 17.9 Å². The molecule has 0 aliphatic rings. The molecule has 1 unspecified atom stereocenters. The Morgan fingerprint density at radius 1 is 0.788 bits per heavy atom. The lowest BCUT2D eigenvalue weighted by Crippen LogP contribution is -2.35. The van der Waals surface area contributed by atoms with Crippen molar-refractivity contribution in [2.75, 3.05) is 0 Å². The minimum atomic E-state index is -2.31. The Hall–Kier alpha value is -3.75. The van der Waals surface area contributed by atoms with Gasteiger partial charge in [-0.2, -0.15) is 0 Å². The van der Waals surface area contributed by atoms with Crippen LogP contribution in [0.25, 0.3) is 0 Å². The molecule has 0 saturated heterocycles. The standard InChI is InChI=1S/C24H18F5NO3/c1-13(11-14-7-3-2-4-8-14)30-23(31)15-9-5-6-10-16(15)24(32)33-12-17-18(25)20(27)22(29)21(28)19(17)26/h2-10,13H,11-12H2,1H3,(H,30,31). The van der Waals surface area contributed by atoms with Crippen LogP contribution < -0.4 is 5.32 Å². The van der Waals surface area contributed by atoms with Crippen molar-refractivity contribution in [1.29, 1.82) is 0 Å². The molecule has 0 saturated carbocycles. The third-order valence-electron chi connectivity index (χ3n) is 4.80. The highest BCUT2D eigenvalue weighted by atomic mass is 19.2. The second kappa shape index (κ2) is 10.2. The maximum atomic E-state index is 13.8. The van der Waals surface area contributed by atoms with Gasteiger partial charge in [-0.05, 0) is 31.0 Å². The van der Waals surface area contributed by atoms with Crippen LogP contribution in [-0.2, 0) is 17.8 Å². The summed E-state index contributed by atoms with van der Waals surface area (Å²) in [5, 5.41) is 2.75. The first-order valence-electron chi connectivity index (χ1n) is 9.82. The fourth-order valence-electron chi connectivity index (χ4n) is 3.17. The zero-order valence-electron chi connectivity index (χ0n) is 17.3. The Balaban J connectivity index is 1.74. The minimum absolute atomic E-state index is 0.0696. The number of carbonyl (C=O) groups excluding carboxylic acids is 2. The van der Waals surface area contributed by atoms with E-state index in [1.54, 1.807) is 6.92 Å². The number of amides is 1. The first-order chi connectivity index (χ1) is 15.7. The van der Waals surface area contributed by atoms with Crippen molar-refractivity contribution in [2.45, 2.75) is 26.0 Å². The fourth-order valence-corrected chi connectivity index (χ4v) is 3.17. The summed E-state index contributed by atoms with van der Waals surface area (Å²) >= 11 is 0. The van der Waals surface area contributed by atoms with Crippen LogP contribution in [0.4, 0.5) is 22.0 Å². The van der Waals surface area contributed by atoms with Crippen LogP contribution in [0.2, 0.25) is 0 Å². The molecule has 0 aromatic heterocycles. The Morgan fingerprint density at radius 2 is 1.30 bits per heavy atom. The Labute approximate surface area is 186 Å². The Morgan fingerprint density at radius 3 is 1.91 bits per heavy atom. The molecular formula is C24H18F5NO3. The van der Waals surface area contributed by atoms with Crippen LogP contribution in [0.3, 0.4) is 0 Å². The number of ether oxygens (including phenoxy) is 1. The van der Waals surface area contributed by atoms with Gasteiger partial charge in [-0.15, -0.1) is 0 Å². The summed E-state index contributed by atoms with van der Waals surface area (Å²) in [6.45, 7) is 0.556. The van der Waals surface area contributed by atoms with Crippen LogP contribution in [0, 0.1) is 29.1 Å². The third kappa shape index (κ3) is 5.36. The molecule has 4 nitrogen and oxygen atoms in total. The van der Waals surface area contributed by atoms with Crippen molar-refractivity contribution in [1.82, 2.24) is 5.32 Å². The molecule has 1 amide bonds. The van der Waals surface area contributed by atoms with Crippen molar-refractivity contribution in [2.24, 2.45) is 0 Å². The lowest BCUT2D eigenvalue weighted by Gasteiger charge is -2.16. The van der Waals surface area contributed by atoms with E-state index < -0.39 is 53.1 Å². The van der Waals surface area contributed by atoms with Gasteiger partial charge in [-0.25, -0.2) is 26.7 Å². The zero-order chi connectivity index (χ0) is 24.1. The summed E-state index contributed by atoms with van der Waals surface area (Å²) in [4.78, 5) is 25.2. The van der Waals surface area contributed by atoms with E-state index in [9.17, 15) is 31.5 Å². The monoisotopic (exact) mass is 463 g/mol. The van der Waals surface area contributed by atoms with Crippen molar-refractivity contribution in [3.63, 3.8) is 0 Å². The molecule has 3 aromatic carbocycles. The molecule has 0 bridgehead atoms. The first kappa shape index (κ1) is 23.9. The van der Waals surface area contributed by atoms with Gasteiger partial charge in [0.2, 0.25) is 5.82 Å². The number of benzene rings is 3. The van der Waals surface area contributed by atoms with Gasteiger partial charge in [-0.1, -0.05) is 42.5 Å². The second-order valence-electron chi connectivity index (χ2n) is 7.23. The number of esters is 1. The quantitative estimate of drug-likeness (QED) is 0.230. The molecular weight excluding hydrogens is 445 g/mol. The lowest BCUT2D eigenvalue weighted by atomic mass is 10.0. The van der Waals surface area contributed by atoms with Gasteiger partial charge in [0.05, 0.1) is 16.7 Å². The minimum Gasteiger partial charge on any atom is -0.457 e. The summed E-state index contributed by atoms with van der Waals surface area (Å²) in [6, 6.07) is 14.6. The zero-order valence-corrected chi connectivity index (χ0v) is 17.3. The molecule has 0 heterocycles. The lowest BCUT2D eigenvalue weighted by molar-refractivity contribution is 0.0458. The molecule has 1 N–H and O–H groups in total. The van der Waals surface area contributed by atoms with E-state index in [2.05, 4.69) is 5.32 Å². The summed E-state index contributed by atoms with van der Waals surface area (Å²) in [5.74, 6) is -12.6. The number of rotatable bonds is 7. The van der Waals surface area contributed by atoms with Gasteiger partial charge >= 0.3 is 5.97 Å². The predicted molar refractivity (Wildman–Crippen MR) is 109 cm³/mol. The fraction of sp³-hybridized carbons (Fsp3) is 0.167. The Kier molecular flexibility index (Phi) is 7.42. The third-order valence-corrected chi connectivity index (χ3v) is 4.80. The highest BCUT2D eigenvalue weighted by molar-refractivity contribution is 6.05. The number of nitrogens with one attached hydrogen (secondary N) is 1. The van der Waals surface area contributed by atoms with Crippen molar-refractivity contribution >= 4 is 11.9 Å². The van der Waals surface area contributed by atoms with Crippen molar-refractivity contribution in [3.8, 4) is 0 Å². The number of halogens is 5. The number of carbonyl (C=O) groups is 2. The summed E-state index contributed by atoms with van der Waals surface area (Å²) < 4.78 is 72.2. The van der Waals surface area contributed by atoms with Gasteiger partial charge < -0.3 is 10.1 Å². The topological polar surface area (TPSA) is 55.4 Å². The second-order valence-corrected chi connectivity index (χ2v) is 7.23. The van der Waals surface area contributed by atoms with E-state index in [1.807, 2.05) is 30.3 Å². The van der Waals surface area contributed by atoms with Crippen LogP contribution in [0.15, 0.2) is 54.6 Å². The van der Waals surface area contributed by atoms with Gasteiger partial charge in [-0.3, -0.25) is 4.79 Å². The normalized spacial score (nSPS) is 11.7. The highest BCUT2D eigenvalue weighted by Gasteiger charge is 2.27. The largest absolute Gasteiger partial charge is 0.457 e. The predicted octanol–water partition coefficient (Wildman–Crippen LogP) is 5.10. The molecule has 3 rings (SSSR count). The van der Waals surface area contributed by atoms with Crippen molar-refractivity contribution in [3.05, 3.63) is 106 Å². The number of hydrogen-bond acceptors (Lipinski definition) is 3. The molecule has 0 radical (unpaired) electrons. The SMILES string of the molecule is CC(Cc1ccccc1)NC(=O)c1ccccc1C(=O)OCc1c(F)c(F)c(F)c(F)c1F. The number of hydrogen-bond donors (Lipinski definition) is 1. The van der Waals surface area contributed by atoms with E-state index in [-0.39, 0.29) is 17.2 Å². The average Bonchev–Trinajstić information content (AvgIpc) is 2.81. The van der Waals surface area contributed by atoms with Crippen LogP contribution >= 0.6 is 0 Å². The van der Waals surface area contributed by atoms with Gasteiger partial charge in [0, 0.05) is 6.04 Å². The van der Waals surface area contributed by atoms with E-state index in [1.165, 1.54) is 24.3 Å².